The highest BCUT2D eigenvalue weighted by Crippen LogP contribution is 2.18. The molecule has 0 N–H and O–H groups in total. The first-order valence-electron chi connectivity index (χ1n) is 7.92. The summed E-state index contributed by atoms with van der Waals surface area (Å²) in [5.41, 5.74) is 2.38. The van der Waals surface area contributed by atoms with E-state index in [1.165, 1.54) is 11.6 Å². The Labute approximate surface area is 136 Å². The molecule has 0 saturated heterocycles. The van der Waals surface area contributed by atoms with Gasteiger partial charge in [-0.05, 0) is 36.1 Å². The normalized spacial score (nSPS) is 16.9. The smallest absolute Gasteiger partial charge is 0.330 e. The van der Waals surface area contributed by atoms with Gasteiger partial charge in [-0.2, -0.15) is 0 Å². The average Bonchev–Trinajstić information content (AvgIpc) is 2.60. The van der Waals surface area contributed by atoms with E-state index in [4.69, 9.17) is 9.47 Å². The Bertz CT molecular complexity index is 659. The number of rotatable bonds is 6. The second-order valence-corrected chi connectivity index (χ2v) is 5.65. The Morgan fingerprint density at radius 1 is 1.00 bits per heavy atom. The lowest BCUT2D eigenvalue weighted by molar-refractivity contribution is -0.144. The van der Waals surface area contributed by atoms with Gasteiger partial charge in [0.2, 0.25) is 0 Å². The first kappa shape index (κ1) is 15.3. The molecule has 2 aromatic carbocycles. The van der Waals surface area contributed by atoms with Crippen molar-refractivity contribution in [3.8, 4) is 5.75 Å². The highest BCUT2D eigenvalue weighted by atomic mass is 16.5. The van der Waals surface area contributed by atoms with E-state index in [2.05, 4.69) is 12.1 Å². The summed E-state index contributed by atoms with van der Waals surface area (Å²) < 4.78 is 11.0. The second kappa shape index (κ2) is 7.63. The molecule has 0 bridgehead atoms. The van der Waals surface area contributed by atoms with Crippen LogP contribution in [0.15, 0.2) is 66.7 Å². The summed E-state index contributed by atoms with van der Waals surface area (Å²) in [6.45, 7) is 0.574. The summed E-state index contributed by atoms with van der Waals surface area (Å²) in [7, 11) is 0. The fourth-order valence-electron chi connectivity index (χ4n) is 2.57. The van der Waals surface area contributed by atoms with Crippen molar-refractivity contribution in [1.29, 1.82) is 0 Å². The fraction of sp³-hybridized carbons (Fsp3) is 0.250. The predicted octanol–water partition coefficient (Wildman–Crippen LogP) is 4.07. The van der Waals surface area contributed by atoms with Gasteiger partial charge in [-0.15, -0.1) is 0 Å². The van der Waals surface area contributed by atoms with Crippen LogP contribution < -0.4 is 4.74 Å². The van der Waals surface area contributed by atoms with Crippen molar-refractivity contribution in [3.05, 3.63) is 77.9 Å². The molecule has 1 atom stereocenters. The minimum atomic E-state index is -0.231. The Morgan fingerprint density at radius 2 is 1.78 bits per heavy atom. The number of hydrogen-bond acceptors (Lipinski definition) is 3. The van der Waals surface area contributed by atoms with Crippen molar-refractivity contribution in [2.75, 3.05) is 0 Å². The minimum absolute atomic E-state index is 0.00140. The maximum Gasteiger partial charge on any atom is 0.330 e. The fourth-order valence-corrected chi connectivity index (χ4v) is 2.57. The summed E-state index contributed by atoms with van der Waals surface area (Å²) in [6, 6.07) is 18.2. The van der Waals surface area contributed by atoms with Crippen molar-refractivity contribution < 1.29 is 14.3 Å². The van der Waals surface area contributed by atoms with Crippen molar-refractivity contribution in [2.45, 2.75) is 32.0 Å². The van der Waals surface area contributed by atoms with E-state index in [9.17, 15) is 4.79 Å². The quantitative estimate of drug-likeness (QED) is 0.755. The van der Waals surface area contributed by atoms with E-state index in [0.29, 0.717) is 6.61 Å². The standard InChI is InChI=1S/C20H20O3/c21-20-8-4-7-19(23-20)14-11-16-9-12-18(13-10-16)22-15-17-5-2-1-3-6-17/h1-6,8-10,12-13,19H,7,11,14-15H2/t19-/m1/s1. The number of benzene rings is 2. The molecular weight excluding hydrogens is 288 g/mol. The molecule has 23 heavy (non-hydrogen) atoms. The van der Waals surface area contributed by atoms with Crippen LogP contribution in [-0.2, 0) is 22.6 Å². The molecule has 0 saturated carbocycles. The Kier molecular flexibility index (Phi) is 5.09. The number of cyclic esters (lactones) is 1. The zero-order chi connectivity index (χ0) is 15.9. The van der Waals surface area contributed by atoms with Crippen LogP contribution in [0.5, 0.6) is 5.75 Å². The van der Waals surface area contributed by atoms with Gasteiger partial charge in [-0.1, -0.05) is 48.5 Å². The third kappa shape index (κ3) is 4.71. The third-order valence-electron chi connectivity index (χ3n) is 3.86. The largest absolute Gasteiger partial charge is 0.489 e. The lowest BCUT2D eigenvalue weighted by Gasteiger charge is -2.18. The van der Waals surface area contributed by atoms with E-state index < -0.39 is 0 Å². The topological polar surface area (TPSA) is 35.5 Å². The number of aryl methyl sites for hydroxylation is 1. The molecule has 0 amide bonds. The monoisotopic (exact) mass is 308 g/mol. The number of esters is 1. The van der Waals surface area contributed by atoms with Crippen LogP contribution in [0.1, 0.15) is 24.0 Å². The second-order valence-electron chi connectivity index (χ2n) is 5.65. The summed E-state index contributed by atoms with van der Waals surface area (Å²) in [5.74, 6) is 0.635. The average molecular weight is 308 g/mol. The third-order valence-corrected chi connectivity index (χ3v) is 3.86. The lowest BCUT2D eigenvalue weighted by Crippen LogP contribution is -2.20. The number of carbonyl (C=O) groups is 1. The Balaban J connectivity index is 1.47. The van der Waals surface area contributed by atoms with Crippen LogP contribution in [-0.4, -0.2) is 12.1 Å². The van der Waals surface area contributed by atoms with Crippen LogP contribution in [0.3, 0.4) is 0 Å². The molecule has 3 rings (SSSR count). The van der Waals surface area contributed by atoms with E-state index in [1.54, 1.807) is 0 Å². The number of hydrogen-bond donors (Lipinski definition) is 0. The highest BCUT2D eigenvalue weighted by Gasteiger charge is 2.15. The van der Waals surface area contributed by atoms with Gasteiger partial charge in [0.15, 0.2) is 0 Å². The molecule has 1 aliphatic rings. The molecule has 1 heterocycles. The Hall–Kier alpha value is -2.55. The molecule has 2 aromatic rings. The molecule has 0 spiro atoms. The summed E-state index contributed by atoms with van der Waals surface area (Å²) in [4.78, 5) is 11.2. The molecule has 1 aliphatic heterocycles. The Morgan fingerprint density at radius 3 is 2.52 bits per heavy atom. The van der Waals surface area contributed by atoms with Gasteiger partial charge in [0.25, 0.3) is 0 Å². The SMILES string of the molecule is O=C1C=CC[C@H](CCc2ccc(OCc3ccccc3)cc2)O1. The molecule has 0 radical (unpaired) electrons. The predicted molar refractivity (Wildman–Crippen MR) is 89.2 cm³/mol. The van der Waals surface area contributed by atoms with Gasteiger partial charge < -0.3 is 9.47 Å². The molecular formula is C20H20O3. The van der Waals surface area contributed by atoms with Gasteiger partial charge in [-0.3, -0.25) is 0 Å². The zero-order valence-corrected chi connectivity index (χ0v) is 13.0. The van der Waals surface area contributed by atoms with E-state index in [-0.39, 0.29) is 12.1 Å². The van der Waals surface area contributed by atoms with Crippen molar-refractivity contribution in [1.82, 2.24) is 0 Å². The highest BCUT2D eigenvalue weighted by molar-refractivity contribution is 5.82. The van der Waals surface area contributed by atoms with Crippen molar-refractivity contribution >= 4 is 5.97 Å². The molecule has 3 heteroatoms. The van der Waals surface area contributed by atoms with Crippen LogP contribution in [0, 0.1) is 0 Å². The molecule has 0 aromatic heterocycles. The molecule has 118 valence electrons. The first-order valence-corrected chi connectivity index (χ1v) is 7.92. The van der Waals surface area contributed by atoms with E-state index >= 15 is 0 Å². The van der Waals surface area contributed by atoms with Gasteiger partial charge in [0, 0.05) is 12.5 Å². The van der Waals surface area contributed by atoms with Gasteiger partial charge in [0.05, 0.1) is 0 Å². The lowest BCUT2D eigenvalue weighted by atomic mass is 10.0. The van der Waals surface area contributed by atoms with Gasteiger partial charge in [-0.25, -0.2) is 4.79 Å². The van der Waals surface area contributed by atoms with Crippen molar-refractivity contribution in [3.63, 3.8) is 0 Å². The molecule has 0 aliphatic carbocycles. The minimum Gasteiger partial charge on any atom is -0.489 e. The summed E-state index contributed by atoms with van der Waals surface area (Å²) in [5, 5.41) is 0. The van der Waals surface area contributed by atoms with E-state index in [1.807, 2.05) is 48.5 Å². The number of carbonyl (C=O) groups excluding carboxylic acids is 1. The first-order chi connectivity index (χ1) is 11.3. The van der Waals surface area contributed by atoms with Crippen LogP contribution in [0.2, 0.25) is 0 Å². The van der Waals surface area contributed by atoms with Crippen molar-refractivity contribution in [2.24, 2.45) is 0 Å². The summed E-state index contributed by atoms with van der Waals surface area (Å²) in [6.07, 6.45) is 5.93. The maximum atomic E-state index is 11.2. The van der Waals surface area contributed by atoms with Crippen LogP contribution >= 0.6 is 0 Å². The number of ether oxygens (including phenoxy) is 2. The van der Waals surface area contributed by atoms with Gasteiger partial charge in [0.1, 0.15) is 18.5 Å². The summed E-state index contributed by atoms with van der Waals surface area (Å²) >= 11 is 0. The van der Waals surface area contributed by atoms with E-state index in [0.717, 1.165) is 30.6 Å². The zero-order valence-electron chi connectivity index (χ0n) is 13.0. The molecule has 0 unspecified atom stereocenters. The van der Waals surface area contributed by atoms with Crippen LogP contribution in [0.25, 0.3) is 0 Å². The van der Waals surface area contributed by atoms with Crippen LogP contribution in [0.4, 0.5) is 0 Å². The van der Waals surface area contributed by atoms with Gasteiger partial charge >= 0.3 is 5.97 Å². The maximum absolute atomic E-state index is 11.2. The molecule has 0 fully saturated rings. The molecule has 3 nitrogen and oxygen atoms in total.